The minimum Gasteiger partial charge on any atom is -0.352 e. The van der Waals surface area contributed by atoms with E-state index in [0.717, 1.165) is 11.1 Å². The summed E-state index contributed by atoms with van der Waals surface area (Å²) >= 11 is 0. The Morgan fingerprint density at radius 1 is 1.06 bits per heavy atom. The lowest BCUT2D eigenvalue weighted by molar-refractivity contribution is -0.170. The number of ether oxygens (including phenoxy) is 3. The van der Waals surface area contributed by atoms with Crippen LogP contribution >= 0.6 is 17.0 Å². The Morgan fingerprint density at radius 2 is 1.75 bits per heavy atom. The van der Waals surface area contributed by atoms with Crippen LogP contribution < -0.4 is 0 Å². The zero-order valence-corrected chi connectivity index (χ0v) is 11.0. The molecule has 0 bridgehead atoms. The normalized spacial score (nSPS) is 23.8. The lowest BCUT2D eigenvalue weighted by Gasteiger charge is -2.14. The van der Waals surface area contributed by atoms with Gasteiger partial charge >= 0.3 is 0 Å². The van der Waals surface area contributed by atoms with Crippen LogP contribution in [0.4, 0.5) is 0 Å². The van der Waals surface area contributed by atoms with Gasteiger partial charge in [0.2, 0.25) is 0 Å². The predicted octanol–water partition coefficient (Wildman–Crippen LogP) is 2.62. The van der Waals surface area contributed by atoms with E-state index >= 15 is 0 Å². The molecule has 0 N–H and O–H groups in total. The van der Waals surface area contributed by atoms with E-state index in [1.165, 1.54) is 0 Å². The first kappa shape index (κ1) is 13.4. The summed E-state index contributed by atoms with van der Waals surface area (Å²) in [7, 11) is 3.24. The smallest absolute Gasteiger partial charge is 0.187 e. The molecule has 2 rings (SSSR count). The Bertz CT molecular complexity index is 351. The summed E-state index contributed by atoms with van der Waals surface area (Å²) in [5.41, 5.74) is 2.12. The van der Waals surface area contributed by atoms with Crippen LogP contribution in [0.2, 0.25) is 0 Å². The number of hydrogen-bond acceptors (Lipinski definition) is 3. The summed E-state index contributed by atoms with van der Waals surface area (Å²) < 4.78 is 15.8. The van der Waals surface area contributed by atoms with Gasteiger partial charge in [0.15, 0.2) is 12.6 Å². The highest BCUT2D eigenvalue weighted by molar-refractivity contribution is 8.93. The molecule has 0 amide bonds. The van der Waals surface area contributed by atoms with E-state index in [1.54, 1.807) is 14.2 Å². The molecule has 0 saturated heterocycles. The maximum Gasteiger partial charge on any atom is 0.187 e. The molecule has 0 aromatic heterocycles. The van der Waals surface area contributed by atoms with E-state index in [1.807, 2.05) is 36.4 Å². The molecule has 16 heavy (non-hydrogen) atoms. The summed E-state index contributed by atoms with van der Waals surface area (Å²) in [4.78, 5) is 0. The van der Waals surface area contributed by atoms with Gasteiger partial charge in [0.25, 0.3) is 0 Å². The van der Waals surface area contributed by atoms with Crippen LogP contribution in [0.1, 0.15) is 5.56 Å². The Labute approximate surface area is 106 Å². The van der Waals surface area contributed by atoms with Gasteiger partial charge < -0.3 is 14.2 Å². The first-order chi connectivity index (χ1) is 7.35. The number of benzene rings is 1. The van der Waals surface area contributed by atoms with Gasteiger partial charge in [-0.2, -0.15) is 0 Å². The number of hydrogen-bond donors (Lipinski definition) is 0. The molecule has 0 aliphatic carbocycles. The quantitative estimate of drug-likeness (QED) is 0.855. The summed E-state index contributed by atoms with van der Waals surface area (Å²) in [6.07, 6.45) is 1.28. The van der Waals surface area contributed by atoms with Crippen molar-refractivity contribution in [2.24, 2.45) is 0 Å². The number of halogens is 1. The highest BCUT2D eigenvalue weighted by atomic mass is 79.9. The topological polar surface area (TPSA) is 27.7 Å². The second kappa shape index (κ2) is 6.15. The molecule has 1 aromatic rings. The number of methoxy groups -OCH3 is 2. The third kappa shape index (κ3) is 2.71. The summed E-state index contributed by atoms with van der Waals surface area (Å²) in [6, 6.07) is 10.0. The van der Waals surface area contributed by atoms with Crippen molar-refractivity contribution in [3.05, 3.63) is 42.0 Å². The molecular formula is C12H15BrO3. The van der Waals surface area contributed by atoms with Gasteiger partial charge in [-0.25, -0.2) is 0 Å². The Hall–Kier alpha value is -0.680. The molecule has 2 atom stereocenters. The van der Waals surface area contributed by atoms with Crippen molar-refractivity contribution in [3.8, 4) is 0 Å². The van der Waals surface area contributed by atoms with Gasteiger partial charge in [-0.15, -0.1) is 17.0 Å². The van der Waals surface area contributed by atoms with Crippen LogP contribution in [0.15, 0.2) is 36.4 Å². The van der Waals surface area contributed by atoms with Crippen molar-refractivity contribution in [2.45, 2.75) is 12.6 Å². The highest BCUT2D eigenvalue weighted by Gasteiger charge is 2.27. The van der Waals surface area contributed by atoms with E-state index in [2.05, 4.69) is 0 Å². The first-order valence-corrected chi connectivity index (χ1v) is 4.83. The minimum atomic E-state index is -0.336. The highest BCUT2D eigenvalue weighted by Crippen LogP contribution is 2.29. The lowest BCUT2D eigenvalue weighted by Crippen LogP contribution is -2.16. The average Bonchev–Trinajstić information content (AvgIpc) is 2.73. The number of rotatable bonds is 3. The second-order valence-electron chi connectivity index (χ2n) is 3.30. The largest absolute Gasteiger partial charge is 0.352 e. The van der Waals surface area contributed by atoms with Crippen LogP contribution in [0.5, 0.6) is 0 Å². The van der Waals surface area contributed by atoms with Gasteiger partial charge in [0.1, 0.15) is 0 Å². The lowest BCUT2D eigenvalue weighted by atomic mass is 10.1. The molecule has 1 aliphatic rings. The average molecular weight is 287 g/mol. The van der Waals surface area contributed by atoms with Crippen LogP contribution in [0, 0.1) is 0 Å². The zero-order chi connectivity index (χ0) is 10.7. The molecular weight excluding hydrogens is 272 g/mol. The molecule has 0 fully saturated rings. The van der Waals surface area contributed by atoms with Crippen molar-refractivity contribution in [1.29, 1.82) is 0 Å². The fourth-order valence-electron chi connectivity index (χ4n) is 1.63. The molecule has 1 aromatic carbocycles. The third-order valence-electron chi connectivity index (χ3n) is 2.38. The van der Waals surface area contributed by atoms with Crippen LogP contribution in [-0.4, -0.2) is 26.8 Å². The Morgan fingerprint density at radius 3 is 2.31 bits per heavy atom. The van der Waals surface area contributed by atoms with Gasteiger partial charge in [0.05, 0.1) is 0 Å². The molecule has 4 heteroatoms. The van der Waals surface area contributed by atoms with Crippen molar-refractivity contribution >= 4 is 22.6 Å². The van der Waals surface area contributed by atoms with E-state index in [9.17, 15) is 0 Å². The second-order valence-corrected chi connectivity index (χ2v) is 3.30. The van der Waals surface area contributed by atoms with E-state index < -0.39 is 0 Å². The predicted molar refractivity (Wildman–Crippen MR) is 67.4 cm³/mol. The molecule has 3 nitrogen and oxygen atoms in total. The zero-order valence-electron chi connectivity index (χ0n) is 9.25. The van der Waals surface area contributed by atoms with Gasteiger partial charge in [-0.1, -0.05) is 30.3 Å². The molecule has 0 radical (unpaired) electrons. The molecule has 88 valence electrons. The third-order valence-corrected chi connectivity index (χ3v) is 2.38. The van der Waals surface area contributed by atoms with E-state index in [0.29, 0.717) is 0 Å². The Kier molecular flexibility index (Phi) is 5.15. The molecule has 0 saturated carbocycles. The van der Waals surface area contributed by atoms with Crippen LogP contribution in [0.25, 0.3) is 5.57 Å². The summed E-state index contributed by atoms with van der Waals surface area (Å²) in [5, 5.41) is 0. The SMILES string of the molecule is Br.COC1C=C(c2ccccc2)C(OC)O1. The van der Waals surface area contributed by atoms with Crippen LogP contribution in [-0.2, 0) is 14.2 Å². The fourth-order valence-corrected chi connectivity index (χ4v) is 1.63. The van der Waals surface area contributed by atoms with Crippen LogP contribution in [0.3, 0.4) is 0 Å². The van der Waals surface area contributed by atoms with Crippen molar-refractivity contribution < 1.29 is 14.2 Å². The first-order valence-electron chi connectivity index (χ1n) is 4.83. The molecule has 2 unspecified atom stereocenters. The summed E-state index contributed by atoms with van der Waals surface area (Å²) in [6.45, 7) is 0. The van der Waals surface area contributed by atoms with E-state index in [4.69, 9.17) is 14.2 Å². The molecule has 1 heterocycles. The Balaban J connectivity index is 0.00000128. The molecule has 1 aliphatic heterocycles. The van der Waals surface area contributed by atoms with Crippen molar-refractivity contribution in [1.82, 2.24) is 0 Å². The van der Waals surface area contributed by atoms with E-state index in [-0.39, 0.29) is 29.6 Å². The van der Waals surface area contributed by atoms with Gasteiger partial charge in [-0.05, 0) is 11.6 Å². The fraction of sp³-hybridized carbons (Fsp3) is 0.333. The summed E-state index contributed by atoms with van der Waals surface area (Å²) in [5.74, 6) is 0. The minimum absolute atomic E-state index is 0. The van der Waals surface area contributed by atoms with Crippen molar-refractivity contribution in [3.63, 3.8) is 0 Å². The maximum atomic E-state index is 5.49. The van der Waals surface area contributed by atoms with Gasteiger partial charge in [-0.3, -0.25) is 0 Å². The molecule has 0 spiro atoms. The van der Waals surface area contributed by atoms with Gasteiger partial charge in [0, 0.05) is 19.8 Å². The maximum absolute atomic E-state index is 5.49. The van der Waals surface area contributed by atoms with Crippen molar-refractivity contribution in [2.75, 3.05) is 14.2 Å². The standard InChI is InChI=1S/C12H14O3.BrH/c1-13-11-8-10(12(14-2)15-11)9-6-4-3-5-7-9;/h3-8,11-12H,1-2H3;1H. The monoisotopic (exact) mass is 286 g/mol.